The fraction of sp³-hybridized carbons (Fsp3) is 0.167. The summed E-state index contributed by atoms with van der Waals surface area (Å²) in [5.41, 5.74) is 7.17. The third-order valence-corrected chi connectivity index (χ3v) is 5.34. The van der Waals surface area contributed by atoms with Crippen molar-refractivity contribution in [3.8, 4) is 22.5 Å². The molecule has 1 aromatic heterocycles. The number of aryl methyl sites for hydroxylation is 2. The van der Waals surface area contributed by atoms with Crippen LogP contribution in [0.4, 0.5) is 0 Å². The van der Waals surface area contributed by atoms with Crippen molar-refractivity contribution in [1.29, 1.82) is 0 Å². The van der Waals surface area contributed by atoms with Gasteiger partial charge >= 0.3 is 0 Å². The van der Waals surface area contributed by atoms with Crippen LogP contribution in [0.25, 0.3) is 33.3 Å². The molecule has 5 rings (SSSR count). The summed E-state index contributed by atoms with van der Waals surface area (Å²) in [6.45, 7) is 0. The van der Waals surface area contributed by atoms with Crippen LogP contribution >= 0.6 is 0 Å². The molecule has 2 nitrogen and oxygen atoms in total. The zero-order valence-corrected chi connectivity index (χ0v) is 14.7. The molecule has 1 aliphatic carbocycles. The number of rotatable bonds is 2. The number of aromatic nitrogens is 2. The van der Waals surface area contributed by atoms with E-state index in [4.69, 9.17) is 0 Å². The van der Waals surface area contributed by atoms with E-state index in [1.54, 1.807) is 0 Å². The molecule has 0 saturated carbocycles. The third-order valence-electron chi connectivity index (χ3n) is 5.34. The molecule has 126 valence electrons. The Labute approximate surface area is 153 Å². The van der Waals surface area contributed by atoms with Crippen LogP contribution in [-0.2, 0) is 12.8 Å². The van der Waals surface area contributed by atoms with E-state index >= 15 is 0 Å². The highest BCUT2D eigenvalue weighted by Gasteiger charge is 2.17. The molecule has 0 saturated heterocycles. The molecular weight excluding hydrogens is 316 g/mol. The second-order valence-electron chi connectivity index (χ2n) is 7.00. The minimum absolute atomic E-state index is 0.980. The van der Waals surface area contributed by atoms with Gasteiger partial charge in [-0.2, -0.15) is 0 Å². The van der Waals surface area contributed by atoms with Crippen molar-refractivity contribution in [3.63, 3.8) is 0 Å². The molecule has 0 radical (unpaired) electrons. The van der Waals surface area contributed by atoms with Gasteiger partial charge in [0.15, 0.2) is 0 Å². The van der Waals surface area contributed by atoms with Crippen LogP contribution in [0.2, 0.25) is 0 Å². The zero-order valence-electron chi connectivity index (χ0n) is 14.7. The largest absolute Gasteiger partial charge is 0.149 e. The van der Waals surface area contributed by atoms with Crippen LogP contribution in [0.3, 0.4) is 0 Å². The van der Waals surface area contributed by atoms with Gasteiger partial charge in [-0.1, -0.05) is 60.7 Å². The number of benzene rings is 3. The van der Waals surface area contributed by atoms with Crippen LogP contribution in [0, 0.1) is 0 Å². The van der Waals surface area contributed by atoms with Crippen molar-refractivity contribution >= 4 is 10.8 Å². The van der Waals surface area contributed by atoms with Crippen molar-refractivity contribution in [1.82, 2.24) is 10.2 Å². The lowest BCUT2D eigenvalue weighted by molar-refractivity contribution is 0.687. The van der Waals surface area contributed by atoms with Crippen LogP contribution < -0.4 is 0 Å². The minimum Gasteiger partial charge on any atom is -0.149 e. The predicted molar refractivity (Wildman–Crippen MR) is 107 cm³/mol. The Morgan fingerprint density at radius 3 is 1.38 bits per heavy atom. The number of nitrogens with zero attached hydrogens (tertiary/aromatic N) is 2. The smallest absolute Gasteiger partial charge is 0.101 e. The van der Waals surface area contributed by atoms with Gasteiger partial charge in [0.2, 0.25) is 0 Å². The van der Waals surface area contributed by atoms with E-state index in [-0.39, 0.29) is 0 Å². The molecule has 4 aromatic rings. The molecule has 0 aliphatic heterocycles. The summed E-state index contributed by atoms with van der Waals surface area (Å²) in [5.74, 6) is 0. The molecule has 0 fully saturated rings. The Morgan fingerprint density at radius 1 is 0.538 bits per heavy atom. The van der Waals surface area contributed by atoms with Gasteiger partial charge in [-0.15, -0.1) is 10.2 Å². The summed E-state index contributed by atoms with van der Waals surface area (Å²) >= 11 is 0. The first-order valence-electron chi connectivity index (χ1n) is 9.33. The number of hydrogen-bond donors (Lipinski definition) is 0. The molecule has 2 heteroatoms. The maximum absolute atomic E-state index is 4.65. The van der Waals surface area contributed by atoms with E-state index in [2.05, 4.69) is 70.9 Å². The highest BCUT2D eigenvalue weighted by molar-refractivity contribution is 6.02. The Balaban J connectivity index is 1.83. The maximum atomic E-state index is 4.65. The van der Waals surface area contributed by atoms with Crippen LogP contribution in [0.15, 0.2) is 72.8 Å². The van der Waals surface area contributed by atoms with E-state index in [1.807, 2.05) is 12.1 Å². The first-order chi connectivity index (χ1) is 12.9. The van der Waals surface area contributed by atoms with Gasteiger partial charge in [-0.25, -0.2) is 0 Å². The van der Waals surface area contributed by atoms with Crippen molar-refractivity contribution in [2.24, 2.45) is 0 Å². The summed E-state index contributed by atoms with van der Waals surface area (Å²) in [6.07, 6.45) is 4.90. The number of hydrogen-bond acceptors (Lipinski definition) is 2. The first kappa shape index (κ1) is 15.3. The molecule has 3 aromatic carbocycles. The standard InChI is InChI=1S/C24H20N2/c1-3-9-17(10-4-1)23-21-15-19-13-7-8-14-20(19)16-22(21)24(26-25-23)18-11-5-2-6-12-18/h1-6,9-12,15-16H,7-8,13-14H2. The molecule has 0 amide bonds. The van der Waals surface area contributed by atoms with Crippen molar-refractivity contribution < 1.29 is 0 Å². The lowest BCUT2D eigenvalue weighted by atomic mass is 9.87. The van der Waals surface area contributed by atoms with Gasteiger partial charge in [-0.05, 0) is 48.9 Å². The van der Waals surface area contributed by atoms with Crippen molar-refractivity contribution in [2.45, 2.75) is 25.7 Å². The summed E-state index contributed by atoms with van der Waals surface area (Å²) in [6, 6.07) is 25.5. The van der Waals surface area contributed by atoms with Crippen molar-refractivity contribution in [2.75, 3.05) is 0 Å². The zero-order chi connectivity index (χ0) is 17.3. The van der Waals surface area contributed by atoms with Crippen LogP contribution in [0.1, 0.15) is 24.0 Å². The summed E-state index contributed by atoms with van der Waals surface area (Å²) in [4.78, 5) is 0. The van der Waals surface area contributed by atoms with E-state index in [0.717, 1.165) is 22.5 Å². The molecule has 0 bridgehead atoms. The lowest BCUT2D eigenvalue weighted by Crippen LogP contribution is -2.04. The molecule has 1 aliphatic rings. The first-order valence-corrected chi connectivity index (χ1v) is 9.33. The summed E-state index contributed by atoms with van der Waals surface area (Å²) < 4.78 is 0. The van der Waals surface area contributed by atoms with E-state index < -0.39 is 0 Å². The van der Waals surface area contributed by atoms with E-state index in [9.17, 15) is 0 Å². The molecular formula is C24H20N2. The molecule has 0 atom stereocenters. The fourth-order valence-corrected chi connectivity index (χ4v) is 4.00. The van der Waals surface area contributed by atoms with Gasteiger partial charge in [0.25, 0.3) is 0 Å². The molecule has 0 N–H and O–H groups in total. The molecule has 1 heterocycles. The lowest BCUT2D eigenvalue weighted by Gasteiger charge is -2.18. The van der Waals surface area contributed by atoms with Gasteiger partial charge in [0, 0.05) is 21.9 Å². The normalized spacial score (nSPS) is 13.5. The SMILES string of the molecule is c1ccc(-c2nnc(-c3ccccc3)c3cc4c(cc23)CCCC4)cc1. The van der Waals surface area contributed by atoms with E-state index in [0.29, 0.717) is 0 Å². The van der Waals surface area contributed by atoms with Gasteiger partial charge in [0.1, 0.15) is 11.4 Å². The second-order valence-corrected chi connectivity index (χ2v) is 7.00. The molecule has 0 unspecified atom stereocenters. The van der Waals surface area contributed by atoms with Crippen LogP contribution in [-0.4, -0.2) is 10.2 Å². The Hall–Kier alpha value is -3.00. The monoisotopic (exact) mass is 336 g/mol. The summed E-state index contributed by atoms with van der Waals surface area (Å²) in [5, 5.41) is 11.7. The maximum Gasteiger partial charge on any atom is 0.101 e. The summed E-state index contributed by atoms with van der Waals surface area (Å²) in [7, 11) is 0. The molecule has 26 heavy (non-hydrogen) atoms. The quantitative estimate of drug-likeness (QED) is 0.459. The van der Waals surface area contributed by atoms with Crippen LogP contribution in [0.5, 0.6) is 0 Å². The predicted octanol–water partition coefficient (Wildman–Crippen LogP) is 5.84. The van der Waals surface area contributed by atoms with Gasteiger partial charge in [0.05, 0.1) is 0 Å². The average Bonchev–Trinajstić information content (AvgIpc) is 2.73. The highest BCUT2D eigenvalue weighted by Crippen LogP contribution is 2.36. The minimum atomic E-state index is 0.980. The average molecular weight is 336 g/mol. The Bertz CT molecular complexity index is 982. The fourth-order valence-electron chi connectivity index (χ4n) is 4.00. The van der Waals surface area contributed by atoms with Gasteiger partial charge < -0.3 is 0 Å². The van der Waals surface area contributed by atoms with Crippen molar-refractivity contribution in [3.05, 3.63) is 83.9 Å². The van der Waals surface area contributed by atoms with E-state index in [1.165, 1.54) is 47.6 Å². The topological polar surface area (TPSA) is 25.8 Å². The third kappa shape index (κ3) is 2.59. The Morgan fingerprint density at radius 2 is 0.962 bits per heavy atom. The highest BCUT2D eigenvalue weighted by atomic mass is 15.1. The second kappa shape index (κ2) is 6.38. The molecule has 0 spiro atoms. The van der Waals surface area contributed by atoms with Gasteiger partial charge in [-0.3, -0.25) is 0 Å². The number of fused-ring (bicyclic) bond motifs is 2. The Kier molecular flexibility index (Phi) is 3.75.